The maximum atomic E-state index is 12.0. The molecule has 8 heteroatoms. The minimum atomic E-state index is -0.808. The molecule has 1 atom stereocenters. The molecule has 1 aliphatic heterocycles. The van der Waals surface area contributed by atoms with E-state index >= 15 is 0 Å². The van der Waals surface area contributed by atoms with E-state index in [1.165, 1.54) is 4.90 Å². The number of likely N-dealkylation sites (N-methyl/N-ethyl adjacent to an activating group) is 1. The van der Waals surface area contributed by atoms with Crippen molar-refractivity contribution in [3.63, 3.8) is 0 Å². The van der Waals surface area contributed by atoms with E-state index in [9.17, 15) is 14.4 Å². The van der Waals surface area contributed by atoms with Gasteiger partial charge in [0.15, 0.2) is 6.10 Å². The van der Waals surface area contributed by atoms with Gasteiger partial charge in [0.25, 0.3) is 5.91 Å². The number of carbonyl (C=O) groups is 2. The molecule has 0 radical (unpaired) electrons. The van der Waals surface area contributed by atoms with Crippen LogP contribution >= 0.6 is 11.3 Å². The number of benzene rings is 1. The summed E-state index contributed by atoms with van der Waals surface area (Å²) in [7, 11) is 1.70. The summed E-state index contributed by atoms with van der Waals surface area (Å²) >= 11 is 1.12. The number of cyclic esters (lactones) is 1. The van der Waals surface area contributed by atoms with Crippen LogP contribution in [-0.4, -0.2) is 35.8 Å². The van der Waals surface area contributed by atoms with Crippen LogP contribution in [-0.2, 0) is 16.6 Å². The Kier molecular flexibility index (Phi) is 3.61. The van der Waals surface area contributed by atoms with Crippen molar-refractivity contribution in [1.29, 1.82) is 0 Å². The highest BCUT2D eigenvalue weighted by molar-refractivity contribution is 7.16. The van der Waals surface area contributed by atoms with Crippen LogP contribution in [0.25, 0.3) is 10.2 Å². The fourth-order valence-corrected chi connectivity index (χ4v) is 3.30. The summed E-state index contributed by atoms with van der Waals surface area (Å²) in [6.07, 6.45) is -1.36. The number of aryl methyl sites for hydroxylation is 1. The van der Waals surface area contributed by atoms with Gasteiger partial charge in [-0.3, -0.25) is 14.5 Å². The number of thiazole rings is 1. The van der Waals surface area contributed by atoms with Crippen molar-refractivity contribution in [2.45, 2.75) is 13.0 Å². The number of amides is 2. The van der Waals surface area contributed by atoms with E-state index in [1.54, 1.807) is 36.7 Å². The molecular formula is C14H15N3O4S. The van der Waals surface area contributed by atoms with Gasteiger partial charge in [-0.1, -0.05) is 11.3 Å². The maximum Gasteiger partial charge on any atom is 0.415 e. The fourth-order valence-electron chi connectivity index (χ4n) is 2.39. The highest BCUT2D eigenvalue weighted by atomic mass is 32.1. The zero-order chi connectivity index (χ0) is 15.9. The lowest BCUT2D eigenvalue weighted by atomic mass is 10.2. The molecule has 3 rings (SSSR count). The number of ether oxygens (including phenoxy) is 1. The molecule has 2 amide bonds. The first kappa shape index (κ1) is 14.6. The molecule has 0 spiro atoms. The lowest BCUT2D eigenvalue weighted by molar-refractivity contribution is -0.127. The zero-order valence-electron chi connectivity index (χ0n) is 12.2. The van der Waals surface area contributed by atoms with Crippen LogP contribution < -0.4 is 15.1 Å². The fraction of sp³-hybridized carbons (Fsp3) is 0.357. The Morgan fingerprint density at radius 1 is 1.45 bits per heavy atom. The molecule has 1 aliphatic rings. The molecule has 0 aliphatic carbocycles. The first-order chi connectivity index (χ1) is 10.5. The van der Waals surface area contributed by atoms with Gasteiger partial charge in [-0.05, 0) is 25.1 Å². The minimum absolute atomic E-state index is 0.0589. The third-order valence-electron chi connectivity index (χ3n) is 3.54. The first-order valence-electron chi connectivity index (χ1n) is 6.86. The normalized spacial score (nSPS) is 17.8. The molecule has 2 aromatic rings. The summed E-state index contributed by atoms with van der Waals surface area (Å²) in [4.78, 5) is 36.8. The second kappa shape index (κ2) is 5.45. The molecule has 2 heterocycles. The Hall–Kier alpha value is -2.35. The summed E-state index contributed by atoms with van der Waals surface area (Å²) in [5, 5.41) is 2.64. The van der Waals surface area contributed by atoms with Crippen LogP contribution in [0.3, 0.4) is 0 Å². The van der Waals surface area contributed by atoms with Gasteiger partial charge in [0.05, 0.1) is 16.8 Å². The van der Waals surface area contributed by atoms with Crippen molar-refractivity contribution in [3.8, 4) is 0 Å². The number of hydrogen-bond acceptors (Lipinski definition) is 5. The van der Waals surface area contributed by atoms with Crippen LogP contribution in [0, 0.1) is 0 Å². The van der Waals surface area contributed by atoms with Crippen LogP contribution in [0.4, 0.5) is 10.5 Å². The molecule has 1 aromatic carbocycles. The highest BCUT2D eigenvalue weighted by Crippen LogP contribution is 2.27. The number of nitrogens with zero attached hydrogens (tertiary/aromatic N) is 2. The highest BCUT2D eigenvalue weighted by Gasteiger charge is 2.36. The number of hydrogen-bond donors (Lipinski definition) is 1. The lowest BCUT2D eigenvalue weighted by Crippen LogP contribution is -2.37. The van der Waals surface area contributed by atoms with Gasteiger partial charge in [-0.2, -0.15) is 0 Å². The number of nitrogens with one attached hydrogen (secondary N) is 1. The summed E-state index contributed by atoms with van der Waals surface area (Å²) in [6, 6.07) is 5.30. The predicted octanol–water partition coefficient (Wildman–Crippen LogP) is 1.06. The second-order valence-corrected chi connectivity index (χ2v) is 5.95. The second-order valence-electron chi connectivity index (χ2n) is 4.96. The topological polar surface area (TPSA) is 80.6 Å². The van der Waals surface area contributed by atoms with E-state index in [4.69, 9.17) is 4.74 Å². The monoisotopic (exact) mass is 321 g/mol. The summed E-state index contributed by atoms with van der Waals surface area (Å²) < 4.78 is 7.45. The van der Waals surface area contributed by atoms with E-state index < -0.39 is 12.2 Å². The number of anilines is 1. The smallest absolute Gasteiger partial charge is 0.415 e. The van der Waals surface area contributed by atoms with E-state index in [-0.39, 0.29) is 17.3 Å². The molecule has 7 nitrogen and oxygen atoms in total. The molecule has 1 unspecified atom stereocenters. The standard InChI is InChI=1S/C14H15N3O4S/c1-3-15-12(18)10-7-17(13(19)21-10)8-4-5-9-11(6-8)22-14(20)16(9)2/h4-6,10H,3,7H2,1-2H3,(H,15,18). The lowest BCUT2D eigenvalue weighted by Gasteiger charge is -2.12. The Bertz CT molecular complexity index is 810. The van der Waals surface area contributed by atoms with Gasteiger partial charge < -0.3 is 14.6 Å². The van der Waals surface area contributed by atoms with Gasteiger partial charge in [0.2, 0.25) is 0 Å². The number of fused-ring (bicyclic) bond motifs is 1. The Morgan fingerprint density at radius 2 is 2.23 bits per heavy atom. The molecule has 116 valence electrons. The average Bonchev–Trinajstić information content (AvgIpc) is 3.00. The average molecular weight is 321 g/mol. The largest absolute Gasteiger partial charge is 0.434 e. The molecule has 1 aromatic heterocycles. The van der Waals surface area contributed by atoms with Crippen molar-refractivity contribution in [3.05, 3.63) is 27.9 Å². The molecule has 1 saturated heterocycles. The van der Waals surface area contributed by atoms with Crippen molar-refractivity contribution < 1.29 is 14.3 Å². The van der Waals surface area contributed by atoms with E-state index in [0.717, 1.165) is 21.6 Å². The quantitative estimate of drug-likeness (QED) is 0.916. The zero-order valence-corrected chi connectivity index (χ0v) is 13.0. The third kappa shape index (κ3) is 2.35. The van der Waals surface area contributed by atoms with Gasteiger partial charge >= 0.3 is 11.0 Å². The molecule has 1 fully saturated rings. The van der Waals surface area contributed by atoms with Gasteiger partial charge in [0, 0.05) is 19.3 Å². The first-order valence-corrected chi connectivity index (χ1v) is 7.68. The van der Waals surface area contributed by atoms with Crippen LogP contribution in [0.15, 0.2) is 23.0 Å². The van der Waals surface area contributed by atoms with E-state index in [0.29, 0.717) is 12.2 Å². The van der Waals surface area contributed by atoms with E-state index in [1.807, 2.05) is 0 Å². The Balaban J connectivity index is 1.89. The van der Waals surface area contributed by atoms with E-state index in [2.05, 4.69) is 5.32 Å². The molecule has 1 N–H and O–H groups in total. The van der Waals surface area contributed by atoms with Crippen LogP contribution in [0.1, 0.15) is 6.92 Å². The van der Waals surface area contributed by atoms with Crippen LogP contribution in [0.2, 0.25) is 0 Å². The minimum Gasteiger partial charge on any atom is -0.434 e. The molecular weight excluding hydrogens is 306 g/mol. The molecule has 0 bridgehead atoms. The van der Waals surface area contributed by atoms with Gasteiger partial charge in [-0.15, -0.1) is 0 Å². The maximum absolute atomic E-state index is 12.0. The van der Waals surface area contributed by atoms with Crippen molar-refractivity contribution >= 4 is 39.2 Å². The van der Waals surface area contributed by atoms with Crippen molar-refractivity contribution in [2.24, 2.45) is 7.05 Å². The summed E-state index contributed by atoms with van der Waals surface area (Å²) in [5.41, 5.74) is 1.43. The number of aromatic nitrogens is 1. The number of rotatable bonds is 3. The number of carbonyl (C=O) groups excluding carboxylic acids is 2. The van der Waals surface area contributed by atoms with Gasteiger partial charge in [-0.25, -0.2) is 4.79 Å². The van der Waals surface area contributed by atoms with Crippen LogP contribution in [0.5, 0.6) is 0 Å². The Labute approximate surface area is 130 Å². The predicted molar refractivity (Wildman–Crippen MR) is 83.4 cm³/mol. The Morgan fingerprint density at radius 3 is 2.95 bits per heavy atom. The molecule has 22 heavy (non-hydrogen) atoms. The molecule has 0 saturated carbocycles. The summed E-state index contributed by atoms with van der Waals surface area (Å²) in [6.45, 7) is 2.45. The van der Waals surface area contributed by atoms with Crippen molar-refractivity contribution in [2.75, 3.05) is 18.0 Å². The third-order valence-corrected chi connectivity index (χ3v) is 4.54. The SMILES string of the molecule is CCNC(=O)C1CN(c2ccc3c(c2)sc(=O)n3C)C(=O)O1. The summed E-state index contributed by atoms with van der Waals surface area (Å²) in [5.74, 6) is -0.302. The van der Waals surface area contributed by atoms with Gasteiger partial charge in [0.1, 0.15) is 0 Å². The van der Waals surface area contributed by atoms with Crippen molar-refractivity contribution in [1.82, 2.24) is 9.88 Å².